The van der Waals surface area contributed by atoms with Gasteiger partial charge in [0, 0.05) is 13.1 Å². The number of hydrogen-bond acceptors (Lipinski definition) is 4. The molecule has 0 amide bonds. The van der Waals surface area contributed by atoms with Crippen molar-refractivity contribution in [3.05, 3.63) is 29.8 Å². The predicted octanol–water partition coefficient (Wildman–Crippen LogP) is 2.16. The molecule has 1 aliphatic heterocycles. The van der Waals surface area contributed by atoms with Crippen molar-refractivity contribution in [3.8, 4) is 5.75 Å². The molecule has 1 atom stereocenters. The quantitative estimate of drug-likeness (QED) is 0.282. The van der Waals surface area contributed by atoms with Gasteiger partial charge in [0.2, 0.25) is 0 Å². The van der Waals surface area contributed by atoms with Crippen LogP contribution in [0.1, 0.15) is 31.7 Å². The fourth-order valence-electron chi connectivity index (χ4n) is 2.58. The first-order chi connectivity index (χ1) is 11.4. The maximum atomic E-state index is 11.5. The molecule has 1 fully saturated rings. The highest BCUT2D eigenvalue weighted by Crippen LogP contribution is 2.18. The van der Waals surface area contributed by atoms with Crippen LogP contribution in [-0.4, -0.2) is 52.1 Å². The Morgan fingerprint density at radius 1 is 1.32 bits per heavy atom. The highest BCUT2D eigenvalue weighted by atomic mass is 127. The van der Waals surface area contributed by atoms with Gasteiger partial charge in [-0.3, -0.25) is 4.99 Å². The van der Waals surface area contributed by atoms with Crippen LogP contribution in [0.2, 0.25) is 0 Å². The fourth-order valence-corrected chi connectivity index (χ4v) is 4.26. The normalized spacial score (nSPS) is 19.4. The molecule has 6 nitrogen and oxygen atoms in total. The SMILES string of the molecule is CN=C(NCCOc1ccc(C(C)C)cc1)NC1CCS(=O)(=O)C1.I. The van der Waals surface area contributed by atoms with Crippen LogP contribution >= 0.6 is 24.0 Å². The molecule has 1 aliphatic rings. The van der Waals surface area contributed by atoms with Gasteiger partial charge < -0.3 is 15.4 Å². The number of benzene rings is 1. The van der Waals surface area contributed by atoms with Crippen molar-refractivity contribution in [1.29, 1.82) is 0 Å². The van der Waals surface area contributed by atoms with Crippen LogP contribution in [0.3, 0.4) is 0 Å². The third-order valence-corrected chi connectivity index (χ3v) is 5.77. The van der Waals surface area contributed by atoms with Gasteiger partial charge in [-0.25, -0.2) is 8.42 Å². The lowest BCUT2D eigenvalue weighted by molar-refractivity contribution is 0.321. The van der Waals surface area contributed by atoms with Gasteiger partial charge >= 0.3 is 0 Å². The molecule has 2 N–H and O–H groups in total. The number of nitrogens with one attached hydrogen (secondary N) is 2. The maximum absolute atomic E-state index is 11.5. The maximum Gasteiger partial charge on any atom is 0.191 e. The van der Waals surface area contributed by atoms with Gasteiger partial charge in [-0.2, -0.15) is 0 Å². The van der Waals surface area contributed by atoms with Gasteiger partial charge in [0.1, 0.15) is 12.4 Å². The van der Waals surface area contributed by atoms with E-state index in [0.29, 0.717) is 31.4 Å². The van der Waals surface area contributed by atoms with E-state index >= 15 is 0 Å². The zero-order valence-corrected chi connectivity index (χ0v) is 18.1. The van der Waals surface area contributed by atoms with Crippen LogP contribution < -0.4 is 15.4 Å². The Morgan fingerprint density at radius 3 is 2.52 bits per heavy atom. The summed E-state index contributed by atoms with van der Waals surface area (Å²) in [4.78, 5) is 4.12. The Morgan fingerprint density at radius 2 is 2.00 bits per heavy atom. The smallest absolute Gasteiger partial charge is 0.191 e. The van der Waals surface area contributed by atoms with Crippen molar-refractivity contribution in [2.45, 2.75) is 32.2 Å². The molecule has 142 valence electrons. The average Bonchev–Trinajstić information content (AvgIpc) is 2.89. The standard InChI is InChI=1S/C17H27N3O3S.HI/c1-13(2)14-4-6-16(7-5-14)23-10-9-19-17(18-3)20-15-8-11-24(21,22)12-15;/h4-7,13,15H,8-12H2,1-3H3,(H2,18,19,20);1H. The summed E-state index contributed by atoms with van der Waals surface area (Å²) >= 11 is 0. The number of aliphatic imine (C=N–C) groups is 1. The van der Waals surface area contributed by atoms with Gasteiger partial charge in [0.15, 0.2) is 15.8 Å². The Balaban J connectivity index is 0.00000312. The molecule has 1 aromatic rings. The van der Waals surface area contributed by atoms with Crippen LogP contribution in [0.25, 0.3) is 0 Å². The van der Waals surface area contributed by atoms with Crippen molar-refractivity contribution in [1.82, 2.24) is 10.6 Å². The van der Waals surface area contributed by atoms with Crippen LogP contribution in [0.15, 0.2) is 29.3 Å². The molecule has 1 aromatic carbocycles. The van der Waals surface area contributed by atoms with E-state index < -0.39 is 9.84 Å². The number of rotatable bonds is 6. The molecular weight excluding hydrogens is 453 g/mol. The van der Waals surface area contributed by atoms with E-state index in [1.165, 1.54) is 5.56 Å². The van der Waals surface area contributed by atoms with E-state index in [4.69, 9.17) is 4.74 Å². The van der Waals surface area contributed by atoms with E-state index in [9.17, 15) is 8.42 Å². The van der Waals surface area contributed by atoms with Crippen LogP contribution in [-0.2, 0) is 9.84 Å². The molecule has 1 saturated heterocycles. The molecule has 25 heavy (non-hydrogen) atoms. The lowest BCUT2D eigenvalue weighted by Gasteiger charge is -2.16. The minimum absolute atomic E-state index is 0. The summed E-state index contributed by atoms with van der Waals surface area (Å²) < 4.78 is 28.6. The molecule has 0 aromatic heterocycles. The molecule has 1 unspecified atom stereocenters. The molecule has 8 heteroatoms. The number of hydrogen-bond donors (Lipinski definition) is 2. The molecule has 0 aliphatic carbocycles. The molecule has 0 radical (unpaired) electrons. The first-order valence-corrected chi connectivity index (χ1v) is 10.1. The molecule has 2 rings (SSSR count). The molecule has 0 bridgehead atoms. The van der Waals surface area contributed by atoms with Crippen molar-refractivity contribution < 1.29 is 13.2 Å². The number of halogens is 1. The van der Waals surface area contributed by atoms with E-state index in [-0.39, 0.29) is 41.5 Å². The van der Waals surface area contributed by atoms with Crippen LogP contribution in [0.4, 0.5) is 0 Å². The van der Waals surface area contributed by atoms with Gasteiger partial charge in [-0.15, -0.1) is 24.0 Å². The second-order valence-electron chi connectivity index (χ2n) is 6.32. The first-order valence-electron chi connectivity index (χ1n) is 8.30. The second kappa shape index (κ2) is 10.2. The topological polar surface area (TPSA) is 79.8 Å². The minimum Gasteiger partial charge on any atom is -0.492 e. The van der Waals surface area contributed by atoms with Gasteiger partial charge in [0.05, 0.1) is 18.1 Å². The van der Waals surface area contributed by atoms with Gasteiger partial charge in [-0.1, -0.05) is 26.0 Å². The first kappa shape index (κ1) is 22.0. The molecule has 1 heterocycles. The predicted molar refractivity (Wildman–Crippen MR) is 113 cm³/mol. The highest BCUT2D eigenvalue weighted by Gasteiger charge is 2.28. The van der Waals surface area contributed by atoms with Crippen LogP contribution in [0.5, 0.6) is 5.75 Å². The third-order valence-electron chi connectivity index (χ3n) is 4.01. The van der Waals surface area contributed by atoms with Crippen LogP contribution in [0, 0.1) is 0 Å². The van der Waals surface area contributed by atoms with Crippen molar-refractivity contribution in [2.75, 3.05) is 31.7 Å². The summed E-state index contributed by atoms with van der Waals surface area (Å²) in [6.07, 6.45) is 0.627. The Kier molecular flexibility index (Phi) is 8.98. The van der Waals surface area contributed by atoms with Crippen molar-refractivity contribution >= 4 is 39.8 Å². The summed E-state index contributed by atoms with van der Waals surface area (Å²) in [5, 5.41) is 6.29. The van der Waals surface area contributed by atoms with Gasteiger partial charge in [0.25, 0.3) is 0 Å². The summed E-state index contributed by atoms with van der Waals surface area (Å²) in [6.45, 7) is 5.41. The lowest BCUT2D eigenvalue weighted by Crippen LogP contribution is -2.45. The Hall–Kier alpha value is -1.03. The largest absolute Gasteiger partial charge is 0.492 e. The zero-order valence-electron chi connectivity index (χ0n) is 15.0. The summed E-state index contributed by atoms with van der Waals surface area (Å²) in [5.74, 6) is 2.38. The molecule has 0 saturated carbocycles. The molecular formula is C17H28IN3O3S. The number of sulfone groups is 1. The van der Waals surface area contributed by atoms with E-state index in [1.54, 1.807) is 7.05 Å². The van der Waals surface area contributed by atoms with E-state index in [0.717, 1.165) is 5.75 Å². The Labute approximate surface area is 167 Å². The molecule has 0 spiro atoms. The monoisotopic (exact) mass is 481 g/mol. The lowest BCUT2D eigenvalue weighted by atomic mass is 10.0. The second-order valence-corrected chi connectivity index (χ2v) is 8.54. The number of ether oxygens (including phenoxy) is 1. The highest BCUT2D eigenvalue weighted by molar-refractivity contribution is 14.0. The summed E-state index contributed by atoms with van der Waals surface area (Å²) in [5.41, 5.74) is 1.29. The van der Waals surface area contributed by atoms with Gasteiger partial charge in [-0.05, 0) is 30.0 Å². The average molecular weight is 481 g/mol. The number of guanidine groups is 1. The zero-order chi connectivity index (χ0) is 17.6. The minimum atomic E-state index is -2.89. The van der Waals surface area contributed by atoms with E-state index in [2.05, 4.69) is 41.6 Å². The summed E-state index contributed by atoms with van der Waals surface area (Å²) in [7, 11) is -1.22. The van der Waals surface area contributed by atoms with Crippen molar-refractivity contribution in [2.24, 2.45) is 4.99 Å². The van der Waals surface area contributed by atoms with Crippen molar-refractivity contribution in [3.63, 3.8) is 0 Å². The third kappa shape index (κ3) is 7.39. The Bertz CT molecular complexity index is 660. The summed E-state index contributed by atoms with van der Waals surface area (Å²) in [6, 6.07) is 8.05. The fraction of sp³-hybridized carbons (Fsp3) is 0.588. The van der Waals surface area contributed by atoms with E-state index in [1.807, 2.05) is 12.1 Å². The number of nitrogens with zero attached hydrogens (tertiary/aromatic N) is 1.